The lowest BCUT2D eigenvalue weighted by Crippen LogP contribution is -2.37. The van der Waals surface area contributed by atoms with E-state index in [1.807, 2.05) is 4.90 Å². The molecule has 10 nitrogen and oxygen atoms in total. The molecule has 1 aliphatic heterocycles. The van der Waals surface area contributed by atoms with Gasteiger partial charge in [-0.25, -0.2) is 17.1 Å². The molecule has 0 radical (unpaired) electrons. The number of rotatable bonds is 6. The summed E-state index contributed by atoms with van der Waals surface area (Å²) in [7, 11) is -1.10. The highest BCUT2D eigenvalue weighted by molar-refractivity contribution is 7.89. The third-order valence-electron chi connectivity index (χ3n) is 4.75. The zero-order valence-corrected chi connectivity index (χ0v) is 17.7. The van der Waals surface area contributed by atoms with Gasteiger partial charge in [0.1, 0.15) is 5.82 Å². The Morgan fingerprint density at radius 2 is 1.87 bits per heavy atom. The van der Waals surface area contributed by atoms with Crippen LogP contribution in [0.5, 0.6) is 0 Å². The SMILES string of the molecule is CN(C)S(=O)(=O)c1ccc(N2CCOCC2)c(C(=O)Nc2cc([N+](=O)[O-])ccc2F)c1. The Balaban J connectivity index is 2.05. The fourth-order valence-corrected chi connectivity index (χ4v) is 3.99. The molecule has 1 N–H and O–H groups in total. The number of nitrogens with one attached hydrogen (secondary N) is 1. The number of hydrogen-bond donors (Lipinski definition) is 1. The predicted molar refractivity (Wildman–Crippen MR) is 111 cm³/mol. The van der Waals surface area contributed by atoms with E-state index in [4.69, 9.17) is 4.74 Å². The summed E-state index contributed by atoms with van der Waals surface area (Å²) in [6.07, 6.45) is 0. The second-order valence-corrected chi connectivity index (χ2v) is 9.09. The highest BCUT2D eigenvalue weighted by atomic mass is 32.2. The van der Waals surface area contributed by atoms with E-state index >= 15 is 0 Å². The first-order valence-corrected chi connectivity index (χ1v) is 10.7. The van der Waals surface area contributed by atoms with Crippen molar-refractivity contribution in [3.05, 3.63) is 57.9 Å². The third kappa shape index (κ3) is 4.81. The maximum atomic E-state index is 14.2. The monoisotopic (exact) mass is 452 g/mol. The van der Waals surface area contributed by atoms with Crippen LogP contribution in [0.15, 0.2) is 41.3 Å². The lowest BCUT2D eigenvalue weighted by molar-refractivity contribution is -0.384. The van der Waals surface area contributed by atoms with Crippen molar-refractivity contribution >= 4 is 33.0 Å². The van der Waals surface area contributed by atoms with Gasteiger partial charge in [-0.3, -0.25) is 14.9 Å². The largest absolute Gasteiger partial charge is 0.378 e. The lowest BCUT2D eigenvalue weighted by atomic mass is 10.1. The molecular weight excluding hydrogens is 431 g/mol. The quantitative estimate of drug-likeness (QED) is 0.526. The second-order valence-electron chi connectivity index (χ2n) is 6.94. The zero-order valence-electron chi connectivity index (χ0n) is 16.9. The summed E-state index contributed by atoms with van der Waals surface area (Å²) < 4.78 is 45.6. The Labute approximate surface area is 178 Å². The van der Waals surface area contributed by atoms with E-state index in [0.717, 1.165) is 22.5 Å². The number of benzene rings is 2. The van der Waals surface area contributed by atoms with Gasteiger partial charge in [-0.1, -0.05) is 0 Å². The van der Waals surface area contributed by atoms with Gasteiger partial charge < -0.3 is 15.0 Å². The van der Waals surface area contributed by atoms with Crippen LogP contribution in [0.3, 0.4) is 0 Å². The van der Waals surface area contributed by atoms with Gasteiger partial charge in [0.25, 0.3) is 11.6 Å². The number of halogens is 1. The average Bonchev–Trinajstić information content (AvgIpc) is 2.75. The molecule has 2 aromatic rings. The van der Waals surface area contributed by atoms with Gasteiger partial charge in [0, 0.05) is 45.0 Å². The molecule has 0 saturated carbocycles. The van der Waals surface area contributed by atoms with Crippen LogP contribution in [0.4, 0.5) is 21.5 Å². The minimum Gasteiger partial charge on any atom is -0.378 e. The molecule has 0 aromatic heterocycles. The Kier molecular flexibility index (Phi) is 6.53. The zero-order chi connectivity index (χ0) is 22.8. The van der Waals surface area contributed by atoms with Gasteiger partial charge >= 0.3 is 0 Å². The van der Waals surface area contributed by atoms with Gasteiger partial charge in [-0.15, -0.1) is 0 Å². The van der Waals surface area contributed by atoms with Crippen molar-refractivity contribution in [2.24, 2.45) is 0 Å². The number of ether oxygens (including phenoxy) is 1. The molecule has 2 aromatic carbocycles. The van der Waals surface area contributed by atoms with Crippen molar-refractivity contribution in [1.82, 2.24) is 4.31 Å². The molecule has 3 rings (SSSR count). The number of nitro groups is 1. The van der Waals surface area contributed by atoms with Crippen molar-refractivity contribution in [1.29, 1.82) is 0 Å². The van der Waals surface area contributed by atoms with E-state index in [9.17, 15) is 27.7 Å². The molecule has 0 bridgehead atoms. The number of nitro benzene ring substituents is 1. The van der Waals surface area contributed by atoms with Crippen LogP contribution in [0, 0.1) is 15.9 Å². The van der Waals surface area contributed by atoms with E-state index in [2.05, 4.69) is 5.32 Å². The van der Waals surface area contributed by atoms with E-state index in [0.29, 0.717) is 32.0 Å². The highest BCUT2D eigenvalue weighted by Crippen LogP contribution is 2.28. The normalized spacial score (nSPS) is 14.5. The molecular formula is C19H21FN4O6S. The topological polar surface area (TPSA) is 122 Å². The summed E-state index contributed by atoms with van der Waals surface area (Å²) in [6, 6.07) is 6.88. The maximum Gasteiger partial charge on any atom is 0.271 e. The Morgan fingerprint density at radius 3 is 2.48 bits per heavy atom. The molecule has 1 amide bonds. The van der Waals surface area contributed by atoms with Crippen LogP contribution in [0.1, 0.15) is 10.4 Å². The summed E-state index contributed by atoms with van der Waals surface area (Å²) in [5.74, 6) is -1.65. The summed E-state index contributed by atoms with van der Waals surface area (Å²) in [6.45, 7) is 1.81. The average molecular weight is 452 g/mol. The number of sulfonamides is 1. The first kappa shape index (κ1) is 22.6. The molecule has 1 fully saturated rings. The second kappa shape index (κ2) is 8.96. The first-order valence-electron chi connectivity index (χ1n) is 9.26. The molecule has 1 heterocycles. The van der Waals surface area contributed by atoms with Crippen LogP contribution in [-0.2, 0) is 14.8 Å². The molecule has 0 spiro atoms. The molecule has 1 saturated heterocycles. The molecule has 0 unspecified atom stereocenters. The van der Waals surface area contributed by atoms with Crippen LogP contribution < -0.4 is 10.2 Å². The minimum absolute atomic E-state index is 0.00395. The number of non-ortho nitro benzene ring substituents is 1. The smallest absolute Gasteiger partial charge is 0.271 e. The number of carbonyl (C=O) groups is 1. The summed E-state index contributed by atoms with van der Waals surface area (Å²) >= 11 is 0. The van der Waals surface area contributed by atoms with Crippen molar-refractivity contribution in [3.8, 4) is 0 Å². The highest BCUT2D eigenvalue weighted by Gasteiger charge is 2.25. The number of amides is 1. The molecule has 0 aliphatic carbocycles. The molecule has 0 atom stereocenters. The molecule has 12 heteroatoms. The third-order valence-corrected chi connectivity index (χ3v) is 6.56. The Morgan fingerprint density at radius 1 is 1.19 bits per heavy atom. The van der Waals surface area contributed by atoms with Gasteiger partial charge in [0.2, 0.25) is 10.0 Å². The number of nitrogens with zero attached hydrogens (tertiary/aromatic N) is 3. The molecule has 166 valence electrons. The first-order chi connectivity index (χ1) is 14.6. The van der Waals surface area contributed by atoms with Crippen LogP contribution in [0.2, 0.25) is 0 Å². The van der Waals surface area contributed by atoms with E-state index in [1.54, 1.807) is 0 Å². The van der Waals surface area contributed by atoms with Crippen molar-refractivity contribution < 1.29 is 27.3 Å². The fraction of sp³-hybridized carbons (Fsp3) is 0.316. The van der Waals surface area contributed by atoms with E-state index in [-0.39, 0.29) is 16.1 Å². The minimum atomic E-state index is -3.83. The van der Waals surface area contributed by atoms with E-state index in [1.165, 1.54) is 32.3 Å². The molecule has 1 aliphatic rings. The van der Waals surface area contributed by atoms with Gasteiger partial charge in [-0.05, 0) is 24.3 Å². The van der Waals surface area contributed by atoms with Gasteiger partial charge in [-0.2, -0.15) is 0 Å². The van der Waals surface area contributed by atoms with Crippen molar-refractivity contribution in [3.63, 3.8) is 0 Å². The molecule has 31 heavy (non-hydrogen) atoms. The summed E-state index contributed by atoms with van der Waals surface area (Å²) in [5.41, 5.74) is -0.331. The fourth-order valence-electron chi connectivity index (χ4n) is 3.06. The van der Waals surface area contributed by atoms with Crippen LogP contribution in [0.25, 0.3) is 0 Å². The number of hydrogen-bond acceptors (Lipinski definition) is 7. The number of anilines is 2. The van der Waals surface area contributed by atoms with Crippen molar-refractivity contribution in [2.75, 3.05) is 50.6 Å². The summed E-state index contributed by atoms with van der Waals surface area (Å²) in [5, 5.41) is 13.3. The van der Waals surface area contributed by atoms with Crippen LogP contribution >= 0.6 is 0 Å². The van der Waals surface area contributed by atoms with Crippen LogP contribution in [-0.4, -0.2) is 64.0 Å². The maximum absolute atomic E-state index is 14.2. The van der Waals surface area contributed by atoms with Gasteiger partial charge in [0.05, 0.1) is 34.3 Å². The standard InChI is InChI=1S/C19H21FN4O6S/c1-22(2)31(28,29)14-4-6-18(23-7-9-30-10-8-23)15(12-14)19(25)21-17-11-13(24(26)27)3-5-16(17)20/h3-6,11-12H,7-10H2,1-2H3,(H,21,25). The Bertz CT molecular complexity index is 1120. The van der Waals surface area contributed by atoms with Gasteiger partial charge in [0.15, 0.2) is 0 Å². The number of morpholine rings is 1. The lowest BCUT2D eigenvalue weighted by Gasteiger charge is -2.30. The summed E-state index contributed by atoms with van der Waals surface area (Å²) in [4.78, 5) is 25.1. The number of carbonyl (C=O) groups excluding carboxylic acids is 1. The predicted octanol–water partition coefficient (Wildman–Crippen LogP) is 2.07. The van der Waals surface area contributed by atoms with Crippen molar-refractivity contribution in [2.45, 2.75) is 4.90 Å². The Hall–Kier alpha value is -3.09. The van der Waals surface area contributed by atoms with E-state index < -0.39 is 32.4 Å².